The molecule has 1 heterocycles. The van der Waals surface area contributed by atoms with Crippen LogP contribution in [0.15, 0.2) is 36.7 Å². The van der Waals surface area contributed by atoms with E-state index in [-0.39, 0.29) is 13.0 Å². The van der Waals surface area contributed by atoms with Crippen LogP contribution in [-0.2, 0) is 6.42 Å². The minimum Gasteiger partial charge on any atom is -0.487 e. The van der Waals surface area contributed by atoms with Gasteiger partial charge in [0.1, 0.15) is 12.8 Å². The highest BCUT2D eigenvalue weighted by molar-refractivity contribution is 5.55. The number of rotatable bonds is 18. The first kappa shape index (κ1) is 27.2. The van der Waals surface area contributed by atoms with Gasteiger partial charge in [0.05, 0.1) is 12.4 Å². The second kappa shape index (κ2) is 16.6. The molecule has 3 nitrogen and oxygen atoms in total. The predicted molar refractivity (Wildman–Crippen MR) is 133 cm³/mol. The third-order valence-corrected chi connectivity index (χ3v) is 6.04. The molecule has 2 aromatic rings. The molecule has 1 aromatic carbocycles. The fraction of sp³-hybridized carbons (Fsp3) is 0.643. The fourth-order valence-corrected chi connectivity index (χ4v) is 3.87. The van der Waals surface area contributed by atoms with E-state index in [1.165, 1.54) is 69.3 Å². The number of aromatic nitrogens is 2. The van der Waals surface area contributed by atoms with Gasteiger partial charge >= 0.3 is 0 Å². The number of benzene rings is 1. The van der Waals surface area contributed by atoms with Crippen molar-refractivity contribution in [3.8, 4) is 17.1 Å². The van der Waals surface area contributed by atoms with Gasteiger partial charge in [-0.2, -0.15) is 0 Å². The molecular formula is C28H42F2N2O. The largest absolute Gasteiger partial charge is 0.487 e. The number of hydrogen-bond acceptors (Lipinski definition) is 3. The normalized spacial score (nSPS) is 13.1. The van der Waals surface area contributed by atoms with Crippen LogP contribution in [-0.4, -0.2) is 28.9 Å². The van der Waals surface area contributed by atoms with Crippen molar-refractivity contribution < 1.29 is 13.5 Å². The van der Waals surface area contributed by atoms with Gasteiger partial charge < -0.3 is 4.74 Å². The highest BCUT2D eigenvalue weighted by Gasteiger charge is 2.20. The van der Waals surface area contributed by atoms with E-state index in [0.717, 1.165) is 24.8 Å². The summed E-state index contributed by atoms with van der Waals surface area (Å²) in [6, 6.07) is 8.35. The van der Waals surface area contributed by atoms with Crippen LogP contribution in [0.1, 0.15) is 96.5 Å². The van der Waals surface area contributed by atoms with Crippen molar-refractivity contribution in [2.24, 2.45) is 0 Å². The van der Waals surface area contributed by atoms with Crippen molar-refractivity contribution in [2.75, 3.05) is 6.61 Å². The van der Waals surface area contributed by atoms with Crippen molar-refractivity contribution in [3.63, 3.8) is 0 Å². The van der Waals surface area contributed by atoms with Crippen molar-refractivity contribution >= 4 is 0 Å². The summed E-state index contributed by atoms with van der Waals surface area (Å²) in [6.07, 6.45) is 14.5. The van der Waals surface area contributed by atoms with Crippen molar-refractivity contribution in [1.82, 2.24) is 9.97 Å². The molecule has 1 aromatic heterocycles. The molecule has 184 valence electrons. The van der Waals surface area contributed by atoms with Crippen molar-refractivity contribution in [1.29, 1.82) is 0 Å². The van der Waals surface area contributed by atoms with E-state index < -0.39 is 12.3 Å². The van der Waals surface area contributed by atoms with Gasteiger partial charge in [0.2, 0.25) is 0 Å². The van der Waals surface area contributed by atoms with Gasteiger partial charge in [-0.05, 0) is 24.8 Å². The Morgan fingerprint density at radius 2 is 1.30 bits per heavy atom. The van der Waals surface area contributed by atoms with Gasteiger partial charge in [-0.25, -0.2) is 18.7 Å². The molecular weight excluding hydrogens is 418 g/mol. The minimum atomic E-state index is -1.63. The van der Waals surface area contributed by atoms with Crippen LogP contribution in [0.2, 0.25) is 0 Å². The highest BCUT2D eigenvalue weighted by atomic mass is 19.2. The van der Waals surface area contributed by atoms with E-state index in [4.69, 9.17) is 4.74 Å². The molecule has 0 radical (unpaired) electrons. The van der Waals surface area contributed by atoms with E-state index in [1.807, 2.05) is 19.1 Å². The lowest BCUT2D eigenvalue weighted by atomic mass is 10.0. The van der Waals surface area contributed by atoms with Gasteiger partial charge in [-0.1, -0.05) is 102 Å². The summed E-state index contributed by atoms with van der Waals surface area (Å²) in [5, 5.41) is 0. The number of unbranched alkanes of at least 4 members (excludes halogenated alkanes) is 9. The Bertz CT molecular complexity index is 737. The molecule has 33 heavy (non-hydrogen) atoms. The first-order valence-corrected chi connectivity index (χ1v) is 13.0. The maximum Gasteiger partial charge on any atom is 0.165 e. The van der Waals surface area contributed by atoms with Crippen molar-refractivity contribution in [2.45, 2.75) is 110 Å². The first-order chi connectivity index (χ1) is 16.1. The molecule has 0 amide bonds. The van der Waals surface area contributed by atoms with Crippen LogP contribution in [0, 0.1) is 0 Å². The molecule has 0 N–H and O–H groups in total. The third kappa shape index (κ3) is 11.1. The average molecular weight is 461 g/mol. The van der Waals surface area contributed by atoms with E-state index in [0.29, 0.717) is 18.0 Å². The summed E-state index contributed by atoms with van der Waals surface area (Å²) in [7, 11) is 0. The van der Waals surface area contributed by atoms with Crippen LogP contribution >= 0.6 is 0 Å². The standard InChI is InChI=1S/C28H42F2N2O/c1-3-5-7-8-9-10-11-13-14-23-16-18-24(19-17-23)28-31-20-25(21-32-28)33-22-27(30)26(29)15-12-6-4-2/h16-21,26-27H,3-15,22H2,1-2H3. The maximum absolute atomic E-state index is 13.9. The topological polar surface area (TPSA) is 35.0 Å². The van der Waals surface area contributed by atoms with E-state index >= 15 is 0 Å². The molecule has 2 atom stereocenters. The molecule has 0 spiro atoms. The summed E-state index contributed by atoms with van der Waals surface area (Å²) in [5.74, 6) is 0.953. The minimum absolute atomic E-state index is 0.239. The van der Waals surface area contributed by atoms with Crippen LogP contribution in [0.25, 0.3) is 11.4 Å². The van der Waals surface area contributed by atoms with Crippen LogP contribution in [0.3, 0.4) is 0 Å². The summed E-state index contributed by atoms with van der Waals surface area (Å²) >= 11 is 0. The molecule has 0 aliphatic rings. The van der Waals surface area contributed by atoms with Gasteiger partial charge in [-0.3, -0.25) is 0 Å². The summed E-state index contributed by atoms with van der Waals surface area (Å²) in [5.41, 5.74) is 2.27. The Kier molecular flexibility index (Phi) is 13.6. The molecule has 0 bridgehead atoms. The Balaban J connectivity index is 1.70. The number of nitrogens with zero attached hydrogens (tertiary/aromatic N) is 2. The maximum atomic E-state index is 13.9. The Morgan fingerprint density at radius 3 is 1.94 bits per heavy atom. The molecule has 0 aliphatic heterocycles. The van der Waals surface area contributed by atoms with Gasteiger partial charge in [0, 0.05) is 5.56 Å². The quantitative estimate of drug-likeness (QED) is 0.209. The number of aryl methyl sites for hydroxylation is 1. The smallest absolute Gasteiger partial charge is 0.165 e. The van der Waals surface area contributed by atoms with E-state index in [9.17, 15) is 8.78 Å². The lowest BCUT2D eigenvalue weighted by Gasteiger charge is -2.14. The average Bonchev–Trinajstić information content (AvgIpc) is 2.85. The molecule has 5 heteroatoms. The van der Waals surface area contributed by atoms with Gasteiger partial charge in [0.15, 0.2) is 17.7 Å². The lowest BCUT2D eigenvalue weighted by Crippen LogP contribution is -2.24. The zero-order valence-corrected chi connectivity index (χ0v) is 20.6. The fourth-order valence-electron chi connectivity index (χ4n) is 3.87. The monoisotopic (exact) mass is 460 g/mol. The molecule has 2 unspecified atom stereocenters. The number of ether oxygens (including phenoxy) is 1. The van der Waals surface area contributed by atoms with Gasteiger partial charge in [-0.15, -0.1) is 0 Å². The Morgan fingerprint density at radius 1 is 0.727 bits per heavy atom. The zero-order chi connectivity index (χ0) is 23.7. The highest BCUT2D eigenvalue weighted by Crippen LogP contribution is 2.20. The number of hydrogen-bond donors (Lipinski definition) is 0. The van der Waals surface area contributed by atoms with Crippen molar-refractivity contribution in [3.05, 3.63) is 42.2 Å². The molecule has 0 saturated carbocycles. The lowest BCUT2D eigenvalue weighted by molar-refractivity contribution is 0.101. The third-order valence-electron chi connectivity index (χ3n) is 6.04. The van der Waals surface area contributed by atoms with Crippen LogP contribution in [0.4, 0.5) is 8.78 Å². The second-order valence-electron chi connectivity index (χ2n) is 9.00. The molecule has 0 aliphatic carbocycles. The Hall–Kier alpha value is -2.04. The molecule has 0 fully saturated rings. The number of alkyl halides is 2. The second-order valence-corrected chi connectivity index (χ2v) is 9.00. The molecule has 0 saturated heterocycles. The predicted octanol–water partition coefficient (Wildman–Crippen LogP) is 8.46. The first-order valence-electron chi connectivity index (χ1n) is 13.0. The molecule has 2 rings (SSSR count). The summed E-state index contributed by atoms with van der Waals surface area (Å²) in [4.78, 5) is 8.65. The van der Waals surface area contributed by atoms with Crippen LogP contribution in [0.5, 0.6) is 5.75 Å². The van der Waals surface area contributed by atoms with Crippen LogP contribution < -0.4 is 4.74 Å². The summed E-state index contributed by atoms with van der Waals surface area (Å²) in [6.45, 7) is 3.98. The van der Waals surface area contributed by atoms with Gasteiger partial charge in [0.25, 0.3) is 0 Å². The Labute approximate surface area is 199 Å². The van der Waals surface area contributed by atoms with E-state index in [1.54, 1.807) is 0 Å². The number of halogens is 2. The SMILES string of the molecule is CCCCCCCCCCc1ccc(-c2ncc(OCC(F)C(F)CCCCC)cn2)cc1. The summed E-state index contributed by atoms with van der Waals surface area (Å²) < 4.78 is 33.1. The zero-order valence-electron chi connectivity index (χ0n) is 20.6. The van der Waals surface area contributed by atoms with E-state index in [2.05, 4.69) is 29.0 Å².